The normalized spacial score (nSPS) is 10.2. The highest BCUT2D eigenvalue weighted by molar-refractivity contribution is 6.06. The van der Waals surface area contributed by atoms with Gasteiger partial charge in [0.2, 0.25) is 0 Å². The lowest BCUT2D eigenvalue weighted by molar-refractivity contribution is 0.101. The molecular weight excluding hydrogens is 356 g/mol. The number of methoxy groups -OCH3 is 1. The van der Waals surface area contributed by atoms with Crippen molar-refractivity contribution in [2.24, 2.45) is 0 Å². The average Bonchev–Trinajstić information content (AvgIpc) is 2.68. The number of phenolic OH excluding ortho intramolecular Hbond substituents is 1. The van der Waals surface area contributed by atoms with E-state index in [1.165, 1.54) is 25.3 Å². The first-order valence-corrected chi connectivity index (χ1v) is 8.62. The molecule has 28 heavy (non-hydrogen) atoms. The molecule has 3 N–H and O–H groups in total. The van der Waals surface area contributed by atoms with Crippen LogP contribution in [0.15, 0.2) is 66.7 Å². The van der Waals surface area contributed by atoms with E-state index >= 15 is 0 Å². The molecule has 0 atom stereocenters. The van der Waals surface area contributed by atoms with Gasteiger partial charge < -0.3 is 20.5 Å². The van der Waals surface area contributed by atoms with Gasteiger partial charge in [0, 0.05) is 22.5 Å². The highest BCUT2D eigenvalue weighted by Crippen LogP contribution is 2.27. The van der Waals surface area contributed by atoms with E-state index < -0.39 is 0 Å². The fourth-order valence-electron chi connectivity index (χ4n) is 2.69. The molecule has 142 valence electrons. The van der Waals surface area contributed by atoms with E-state index in [2.05, 4.69) is 10.6 Å². The first kappa shape index (κ1) is 19.0. The van der Waals surface area contributed by atoms with Crippen LogP contribution in [0, 0.1) is 6.92 Å². The molecule has 0 aliphatic rings. The topological polar surface area (TPSA) is 87.7 Å². The highest BCUT2D eigenvalue weighted by atomic mass is 16.5. The van der Waals surface area contributed by atoms with Crippen LogP contribution in [0.3, 0.4) is 0 Å². The lowest BCUT2D eigenvalue weighted by atomic mass is 10.1. The zero-order valence-electron chi connectivity index (χ0n) is 15.5. The van der Waals surface area contributed by atoms with E-state index in [4.69, 9.17) is 4.74 Å². The molecule has 0 aromatic heterocycles. The van der Waals surface area contributed by atoms with Crippen LogP contribution in [0.2, 0.25) is 0 Å². The third-order valence-electron chi connectivity index (χ3n) is 4.10. The minimum atomic E-state index is -0.361. The largest absolute Gasteiger partial charge is 0.504 e. The number of anilines is 2. The Kier molecular flexibility index (Phi) is 5.60. The highest BCUT2D eigenvalue weighted by Gasteiger charge is 2.11. The zero-order valence-corrected chi connectivity index (χ0v) is 15.5. The molecule has 2 amide bonds. The van der Waals surface area contributed by atoms with Crippen molar-refractivity contribution >= 4 is 23.2 Å². The number of phenols is 1. The number of ether oxygens (including phenoxy) is 1. The molecule has 0 unspecified atom stereocenters. The second-order valence-electron chi connectivity index (χ2n) is 6.25. The fourth-order valence-corrected chi connectivity index (χ4v) is 2.69. The van der Waals surface area contributed by atoms with Crippen molar-refractivity contribution in [3.8, 4) is 11.5 Å². The quantitative estimate of drug-likeness (QED) is 0.622. The first-order valence-electron chi connectivity index (χ1n) is 8.62. The molecule has 6 nitrogen and oxygen atoms in total. The van der Waals surface area contributed by atoms with Gasteiger partial charge in [0.05, 0.1) is 7.11 Å². The summed E-state index contributed by atoms with van der Waals surface area (Å²) in [7, 11) is 1.41. The van der Waals surface area contributed by atoms with Gasteiger partial charge in [-0.25, -0.2) is 0 Å². The summed E-state index contributed by atoms with van der Waals surface area (Å²) in [5.41, 5.74) is 2.99. The van der Waals surface area contributed by atoms with Gasteiger partial charge in [-0.15, -0.1) is 0 Å². The molecule has 3 aromatic rings. The summed E-state index contributed by atoms with van der Waals surface area (Å²) in [6.07, 6.45) is 0. The average molecular weight is 376 g/mol. The minimum Gasteiger partial charge on any atom is -0.504 e. The number of amides is 2. The van der Waals surface area contributed by atoms with Gasteiger partial charge in [-0.1, -0.05) is 23.8 Å². The predicted molar refractivity (Wildman–Crippen MR) is 108 cm³/mol. The van der Waals surface area contributed by atoms with Crippen LogP contribution in [0.1, 0.15) is 26.3 Å². The molecule has 0 heterocycles. The number of hydrogen-bond acceptors (Lipinski definition) is 4. The summed E-state index contributed by atoms with van der Waals surface area (Å²) in [4.78, 5) is 24.8. The standard InChI is InChI=1S/C22H20N2O4/c1-14-5-3-6-15(11-14)21(26)23-17-7-4-8-18(13-17)24-22(27)16-9-10-19(25)20(12-16)28-2/h3-13,25H,1-2H3,(H,23,26)(H,24,27). The van der Waals surface area contributed by atoms with E-state index in [1.54, 1.807) is 36.4 Å². The van der Waals surface area contributed by atoms with Gasteiger partial charge in [0.25, 0.3) is 11.8 Å². The Morgan fingerprint density at radius 1 is 0.821 bits per heavy atom. The van der Waals surface area contributed by atoms with Crippen molar-refractivity contribution in [1.29, 1.82) is 0 Å². The molecule has 0 fully saturated rings. The van der Waals surface area contributed by atoms with E-state index in [9.17, 15) is 14.7 Å². The van der Waals surface area contributed by atoms with Gasteiger partial charge >= 0.3 is 0 Å². The van der Waals surface area contributed by atoms with Gasteiger partial charge in [0.15, 0.2) is 11.5 Å². The molecular formula is C22H20N2O4. The van der Waals surface area contributed by atoms with Crippen LogP contribution < -0.4 is 15.4 Å². The Hall–Kier alpha value is -3.80. The summed E-state index contributed by atoms with van der Waals surface area (Å²) < 4.78 is 5.02. The van der Waals surface area contributed by atoms with E-state index in [-0.39, 0.29) is 23.3 Å². The van der Waals surface area contributed by atoms with Crippen molar-refractivity contribution in [2.45, 2.75) is 6.92 Å². The predicted octanol–water partition coefficient (Wildman–Crippen LogP) is 4.21. The van der Waals surface area contributed by atoms with Crippen molar-refractivity contribution in [3.05, 3.63) is 83.4 Å². The van der Waals surface area contributed by atoms with Crippen molar-refractivity contribution < 1.29 is 19.4 Å². The Morgan fingerprint density at radius 3 is 2.04 bits per heavy atom. The van der Waals surface area contributed by atoms with Crippen LogP contribution in [-0.2, 0) is 0 Å². The lowest BCUT2D eigenvalue weighted by Crippen LogP contribution is -2.14. The van der Waals surface area contributed by atoms with Crippen LogP contribution in [-0.4, -0.2) is 24.0 Å². The molecule has 3 aromatic carbocycles. The van der Waals surface area contributed by atoms with Crippen LogP contribution in [0.25, 0.3) is 0 Å². The maximum atomic E-state index is 12.5. The maximum absolute atomic E-state index is 12.5. The molecule has 0 saturated carbocycles. The monoisotopic (exact) mass is 376 g/mol. The number of aromatic hydroxyl groups is 1. The third-order valence-corrected chi connectivity index (χ3v) is 4.10. The van der Waals surface area contributed by atoms with Crippen LogP contribution >= 0.6 is 0 Å². The summed E-state index contributed by atoms with van der Waals surface area (Å²) in [5.74, 6) is -0.414. The molecule has 0 saturated heterocycles. The second kappa shape index (κ2) is 8.26. The third kappa shape index (κ3) is 4.48. The molecule has 0 bridgehead atoms. The van der Waals surface area contributed by atoms with E-state index in [0.29, 0.717) is 22.5 Å². The summed E-state index contributed by atoms with van der Waals surface area (Å²) in [6.45, 7) is 1.92. The summed E-state index contributed by atoms with van der Waals surface area (Å²) in [5, 5.41) is 15.2. The molecule has 0 aliphatic heterocycles. The lowest BCUT2D eigenvalue weighted by Gasteiger charge is -2.10. The Labute approximate surface area is 162 Å². The molecule has 6 heteroatoms. The number of hydrogen-bond donors (Lipinski definition) is 3. The van der Waals surface area contributed by atoms with E-state index in [0.717, 1.165) is 5.56 Å². The van der Waals surface area contributed by atoms with Crippen molar-refractivity contribution in [3.63, 3.8) is 0 Å². The minimum absolute atomic E-state index is 0.0418. The summed E-state index contributed by atoms with van der Waals surface area (Å²) in [6, 6.07) is 18.5. The molecule has 0 aliphatic carbocycles. The SMILES string of the molecule is COc1cc(C(=O)Nc2cccc(NC(=O)c3cccc(C)c3)c2)ccc1O. The van der Waals surface area contributed by atoms with Gasteiger partial charge in [0.1, 0.15) is 0 Å². The molecule has 0 radical (unpaired) electrons. The molecule has 0 spiro atoms. The number of benzene rings is 3. The first-order chi connectivity index (χ1) is 13.5. The second-order valence-corrected chi connectivity index (χ2v) is 6.25. The van der Waals surface area contributed by atoms with Gasteiger partial charge in [-0.05, 0) is 55.5 Å². The summed E-state index contributed by atoms with van der Waals surface area (Å²) >= 11 is 0. The van der Waals surface area contributed by atoms with Gasteiger partial charge in [-0.3, -0.25) is 9.59 Å². The van der Waals surface area contributed by atoms with Crippen LogP contribution in [0.4, 0.5) is 11.4 Å². The number of rotatable bonds is 5. The Balaban J connectivity index is 1.72. The Morgan fingerprint density at radius 2 is 1.43 bits per heavy atom. The van der Waals surface area contributed by atoms with Crippen LogP contribution in [0.5, 0.6) is 11.5 Å². The zero-order chi connectivity index (χ0) is 20.1. The maximum Gasteiger partial charge on any atom is 0.255 e. The number of carbonyl (C=O) groups excluding carboxylic acids is 2. The Bertz CT molecular complexity index is 1030. The number of aryl methyl sites for hydroxylation is 1. The van der Waals surface area contributed by atoms with Gasteiger partial charge in [-0.2, -0.15) is 0 Å². The van der Waals surface area contributed by atoms with Crippen molar-refractivity contribution in [1.82, 2.24) is 0 Å². The van der Waals surface area contributed by atoms with Crippen molar-refractivity contribution in [2.75, 3.05) is 17.7 Å². The number of carbonyl (C=O) groups is 2. The van der Waals surface area contributed by atoms with E-state index in [1.807, 2.05) is 19.1 Å². The number of nitrogens with one attached hydrogen (secondary N) is 2. The molecule has 3 rings (SSSR count). The fraction of sp³-hybridized carbons (Fsp3) is 0.0909. The smallest absolute Gasteiger partial charge is 0.255 e.